The van der Waals surface area contributed by atoms with Crippen LogP contribution in [0.1, 0.15) is 44.9 Å². The van der Waals surface area contributed by atoms with E-state index < -0.39 is 0 Å². The lowest BCUT2D eigenvalue weighted by Gasteiger charge is -2.15. The normalized spacial score (nSPS) is 23.3. The Balaban J connectivity index is 2.16. The third-order valence-electron chi connectivity index (χ3n) is 2.33. The van der Waals surface area contributed by atoms with Crippen LogP contribution in [0.25, 0.3) is 0 Å². The highest BCUT2D eigenvalue weighted by Crippen LogP contribution is 2.26. The average molecular weight is 249 g/mol. The minimum absolute atomic E-state index is 0.931. The van der Waals surface area contributed by atoms with Gasteiger partial charge in [-0.2, -0.15) is 22.4 Å². The standard InChI is InChI=1S/C8H15BI/c10-9-8-6-4-2-1-3-5-7-8/h8H,1-7H2. The Labute approximate surface area is 78.3 Å². The lowest BCUT2D eigenvalue weighted by Crippen LogP contribution is -2.00. The SMILES string of the molecule is I[B]C1CCCCCCC1. The third-order valence-corrected chi connectivity index (χ3v) is 3.35. The maximum absolute atomic E-state index is 2.41. The van der Waals surface area contributed by atoms with Crippen molar-refractivity contribution in [3.8, 4) is 0 Å². The highest BCUT2D eigenvalue weighted by molar-refractivity contribution is 14.1. The van der Waals surface area contributed by atoms with Gasteiger partial charge in [0.1, 0.15) is 0 Å². The Morgan fingerprint density at radius 1 is 0.900 bits per heavy atom. The molecule has 0 aromatic heterocycles. The smallest absolute Gasteiger partial charge is 0.158 e. The van der Waals surface area contributed by atoms with Crippen LogP contribution in [-0.4, -0.2) is 5.14 Å². The van der Waals surface area contributed by atoms with Crippen molar-refractivity contribution in [2.75, 3.05) is 0 Å². The first kappa shape index (κ1) is 8.89. The summed E-state index contributed by atoms with van der Waals surface area (Å²) in [5, 5.41) is 2.36. The van der Waals surface area contributed by atoms with Crippen LogP contribution in [0, 0.1) is 0 Å². The Hall–Kier alpha value is 0.795. The van der Waals surface area contributed by atoms with Gasteiger partial charge in [0, 0.05) is 0 Å². The van der Waals surface area contributed by atoms with Crippen LogP contribution in [0.2, 0.25) is 5.82 Å². The second-order valence-electron chi connectivity index (χ2n) is 3.23. The molecule has 0 aromatic rings. The lowest BCUT2D eigenvalue weighted by molar-refractivity contribution is 0.504. The van der Waals surface area contributed by atoms with Gasteiger partial charge < -0.3 is 0 Å². The van der Waals surface area contributed by atoms with Crippen molar-refractivity contribution in [2.24, 2.45) is 0 Å². The van der Waals surface area contributed by atoms with Gasteiger partial charge in [0.05, 0.1) is 0 Å². The summed E-state index contributed by atoms with van der Waals surface area (Å²) in [4.78, 5) is 0. The molecule has 1 saturated carbocycles. The fourth-order valence-electron chi connectivity index (χ4n) is 1.61. The fourth-order valence-corrected chi connectivity index (χ4v) is 2.33. The van der Waals surface area contributed by atoms with Gasteiger partial charge in [-0.25, -0.2) is 0 Å². The number of hydrogen-bond acceptors (Lipinski definition) is 0. The van der Waals surface area contributed by atoms with Crippen molar-refractivity contribution in [3.05, 3.63) is 0 Å². The summed E-state index contributed by atoms with van der Waals surface area (Å²) in [5.74, 6) is 0.931. The zero-order chi connectivity index (χ0) is 7.23. The van der Waals surface area contributed by atoms with E-state index in [9.17, 15) is 0 Å². The van der Waals surface area contributed by atoms with E-state index >= 15 is 0 Å². The second kappa shape index (κ2) is 5.45. The molecule has 0 unspecified atom stereocenters. The quantitative estimate of drug-likeness (QED) is 0.492. The molecule has 1 fully saturated rings. The lowest BCUT2D eigenvalue weighted by atomic mass is 9.77. The first-order valence-electron chi connectivity index (χ1n) is 4.37. The molecule has 0 amide bonds. The Morgan fingerprint density at radius 2 is 1.40 bits per heavy atom. The van der Waals surface area contributed by atoms with Gasteiger partial charge in [-0.3, -0.25) is 0 Å². The van der Waals surface area contributed by atoms with E-state index in [1.807, 2.05) is 0 Å². The van der Waals surface area contributed by atoms with Crippen molar-refractivity contribution in [1.29, 1.82) is 0 Å². The summed E-state index contributed by atoms with van der Waals surface area (Å²) in [7, 11) is 0. The van der Waals surface area contributed by atoms with Crippen LogP contribution in [0.15, 0.2) is 0 Å². The summed E-state index contributed by atoms with van der Waals surface area (Å²) >= 11 is 2.41. The largest absolute Gasteiger partial charge is 0.203 e. The summed E-state index contributed by atoms with van der Waals surface area (Å²) in [6, 6.07) is 0. The third kappa shape index (κ3) is 3.26. The van der Waals surface area contributed by atoms with E-state index in [0.717, 1.165) is 5.82 Å². The molecule has 1 radical (unpaired) electrons. The minimum atomic E-state index is 0.931. The Bertz CT molecular complexity index is 77.3. The maximum atomic E-state index is 2.41. The van der Waals surface area contributed by atoms with E-state index in [1.54, 1.807) is 0 Å². The first-order chi connectivity index (χ1) is 4.93. The molecule has 0 aromatic carbocycles. The van der Waals surface area contributed by atoms with Gasteiger partial charge in [-0.05, 0) is 0 Å². The van der Waals surface area contributed by atoms with Gasteiger partial charge in [0.25, 0.3) is 0 Å². The van der Waals surface area contributed by atoms with Crippen LogP contribution < -0.4 is 0 Å². The van der Waals surface area contributed by atoms with Gasteiger partial charge in [0.2, 0.25) is 5.14 Å². The molecule has 0 heterocycles. The molecule has 0 aliphatic heterocycles. The highest BCUT2D eigenvalue weighted by Gasteiger charge is 2.09. The molecule has 57 valence electrons. The molecule has 0 atom stereocenters. The van der Waals surface area contributed by atoms with Crippen molar-refractivity contribution in [1.82, 2.24) is 0 Å². The van der Waals surface area contributed by atoms with Crippen LogP contribution in [0.5, 0.6) is 0 Å². The predicted octanol–water partition coefficient (Wildman–Crippen LogP) is 3.57. The topological polar surface area (TPSA) is 0 Å². The van der Waals surface area contributed by atoms with E-state index in [0.29, 0.717) is 0 Å². The van der Waals surface area contributed by atoms with Crippen LogP contribution in [-0.2, 0) is 0 Å². The molecule has 0 spiro atoms. The molecule has 2 heteroatoms. The molecule has 1 aliphatic rings. The Kier molecular flexibility index (Phi) is 4.84. The summed E-state index contributed by atoms with van der Waals surface area (Å²) in [5.41, 5.74) is 0. The summed E-state index contributed by atoms with van der Waals surface area (Å²) in [6.07, 6.45) is 10.2. The van der Waals surface area contributed by atoms with Crippen LogP contribution in [0.3, 0.4) is 0 Å². The molecule has 10 heavy (non-hydrogen) atoms. The highest BCUT2D eigenvalue weighted by atomic mass is 127. The first-order valence-corrected chi connectivity index (χ1v) is 5.61. The van der Waals surface area contributed by atoms with E-state index in [1.165, 1.54) is 44.9 Å². The molecule has 1 aliphatic carbocycles. The van der Waals surface area contributed by atoms with Crippen molar-refractivity contribution in [2.45, 2.75) is 50.8 Å². The summed E-state index contributed by atoms with van der Waals surface area (Å²) < 4.78 is 0. The molecule has 0 saturated heterocycles. The van der Waals surface area contributed by atoms with Crippen molar-refractivity contribution in [3.63, 3.8) is 0 Å². The second-order valence-corrected chi connectivity index (χ2v) is 3.95. The number of rotatable bonds is 1. The molecule has 0 bridgehead atoms. The van der Waals surface area contributed by atoms with Crippen molar-refractivity contribution >= 4 is 27.5 Å². The van der Waals surface area contributed by atoms with Gasteiger partial charge in [0.15, 0.2) is 0 Å². The van der Waals surface area contributed by atoms with Crippen LogP contribution in [0.4, 0.5) is 0 Å². The van der Waals surface area contributed by atoms with Crippen LogP contribution >= 0.6 is 22.4 Å². The average Bonchev–Trinajstić information content (AvgIpc) is 1.87. The monoisotopic (exact) mass is 249 g/mol. The van der Waals surface area contributed by atoms with E-state index in [2.05, 4.69) is 27.5 Å². The number of halogens is 1. The van der Waals surface area contributed by atoms with E-state index in [-0.39, 0.29) is 0 Å². The maximum Gasteiger partial charge on any atom is 0.203 e. The van der Waals surface area contributed by atoms with Gasteiger partial charge in [-0.15, -0.1) is 0 Å². The zero-order valence-electron chi connectivity index (χ0n) is 6.48. The summed E-state index contributed by atoms with van der Waals surface area (Å²) in [6.45, 7) is 0. The molecule has 1 rings (SSSR count). The number of hydrogen-bond donors (Lipinski definition) is 0. The van der Waals surface area contributed by atoms with E-state index in [4.69, 9.17) is 0 Å². The van der Waals surface area contributed by atoms with Gasteiger partial charge in [-0.1, -0.05) is 50.8 Å². The molecular formula is C8H15BI. The van der Waals surface area contributed by atoms with Crippen molar-refractivity contribution < 1.29 is 0 Å². The molecular weight excluding hydrogens is 234 g/mol. The molecule has 0 N–H and O–H groups in total. The minimum Gasteiger partial charge on any atom is -0.158 e. The fraction of sp³-hybridized carbons (Fsp3) is 1.00. The predicted molar refractivity (Wildman–Crippen MR) is 55.8 cm³/mol. The zero-order valence-corrected chi connectivity index (χ0v) is 8.64. The Morgan fingerprint density at radius 3 is 1.90 bits per heavy atom. The van der Waals surface area contributed by atoms with Gasteiger partial charge >= 0.3 is 0 Å². The molecule has 0 nitrogen and oxygen atoms in total.